The third-order valence-corrected chi connectivity index (χ3v) is 1.45. The van der Waals surface area contributed by atoms with Gasteiger partial charge in [-0.15, -0.1) is 5.10 Å². The van der Waals surface area contributed by atoms with Gasteiger partial charge in [-0.05, 0) is 0 Å². The Morgan fingerprint density at radius 3 is 1.80 bits per heavy atom. The average Bonchev–Trinajstić information content (AvgIpc) is 2.28. The fourth-order valence-corrected chi connectivity index (χ4v) is 0.913. The number of hydrogen-bond donors (Lipinski definition) is 2. The number of alkyl halides is 6. The van der Waals surface area contributed by atoms with Crippen molar-refractivity contribution >= 4 is 5.95 Å². The van der Waals surface area contributed by atoms with Gasteiger partial charge in [0.25, 0.3) is 0 Å². The molecular formula is C5H4F6N4. The van der Waals surface area contributed by atoms with Gasteiger partial charge < -0.3 is 5.73 Å². The normalized spacial score (nSPS) is 13.5. The van der Waals surface area contributed by atoms with E-state index in [4.69, 9.17) is 5.73 Å². The predicted molar refractivity (Wildman–Crippen MR) is 35.6 cm³/mol. The van der Waals surface area contributed by atoms with Crippen LogP contribution < -0.4 is 5.73 Å². The van der Waals surface area contributed by atoms with Crippen molar-refractivity contribution in [2.45, 2.75) is 18.3 Å². The third kappa shape index (κ3) is 2.50. The number of anilines is 1. The van der Waals surface area contributed by atoms with Crippen LogP contribution in [0.3, 0.4) is 0 Å². The summed E-state index contributed by atoms with van der Waals surface area (Å²) in [5.41, 5.74) is 4.81. The van der Waals surface area contributed by atoms with E-state index in [2.05, 4.69) is 10.1 Å². The molecule has 1 heterocycles. The van der Waals surface area contributed by atoms with Crippen LogP contribution in [0.5, 0.6) is 0 Å². The molecule has 0 aliphatic carbocycles. The summed E-state index contributed by atoms with van der Waals surface area (Å²) >= 11 is 0. The topological polar surface area (TPSA) is 67.6 Å². The molecule has 1 aromatic heterocycles. The van der Waals surface area contributed by atoms with E-state index in [1.807, 2.05) is 0 Å². The lowest BCUT2D eigenvalue weighted by Gasteiger charge is -2.20. The molecule has 0 radical (unpaired) electrons. The summed E-state index contributed by atoms with van der Waals surface area (Å²) in [6.07, 6.45) is -11.0. The quantitative estimate of drug-likeness (QED) is 0.725. The number of nitrogens with zero attached hydrogens (tertiary/aromatic N) is 2. The third-order valence-electron chi connectivity index (χ3n) is 1.45. The highest BCUT2D eigenvalue weighted by atomic mass is 19.4. The first-order valence-corrected chi connectivity index (χ1v) is 3.43. The van der Waals surface area contributed by atoms with Gasteiger partial charge in [0.1, 0.15) is 5.82 Å². The molecule has 1 rings (SSSR count). The SMILES string of the molecule is Nc1n[nH]c(C(C(F)(F)F)C(F)(F)F)n1. The molecule has 0 saturated carbocycles. The maximum absolute atomic E-state index is 12.1. The lowest BCUT2D eigenvalue weighted by Crippen LogP contribution is -2.35. The lowest BCUT2D eigenvalue weighted by molar-refractivity contribution is -0.255. The van der Waals surface area contributed by atoms with E-state index < -0.39 is 30.0 Å². The zero-order chi connectivity index (χ0) is 11.9. The number of H-pyrrole nitrogens is 1. The van der Waals surface area contributed by atoms with Crippen molar-refractivity contribution in [2.24, 2.45) is 0 Å². The summed E-state index contributed by atoms with van der Waals surface area (Å²) in [5.74, 6) is -5.74. The van der Waals surface area contributed by atoms with Gasteiger partial charge in [0, 0.05) is 0 Å². The Morgan fingerprint density at radius 2 is 1.53 bits per heavy atom. The van der Waals surface area contributed by atoms with Crippen molar-refractivity contribution in [2.75, 3.05) is 5.73 Å². The first kappa shape index (κ1) is 11.6. The van der Waals surface area contributed by atoms with Crippen LogP contribution in [0.4, 0.5) is 32.3 Å². The van der Waals surface area contributed by atoms with Crippen LogP contribution >= 0.6 is 0 Å². The second kappa shape index (κ2) is 3.28. The van der Waals surface area contributed by atoms with Gasteiger partial charge in [-0.3, -0.25) is 5.10 Å². The Labute approximate surface area is 78.5 Å². The molecule has 0 aliphatic rings. The van der Waals surface area contributed by atoms with Gasteiger partial charge >= 0.3 is 12.4 Å². The molecule has 0 saturated heterocycles. The van der Waals surface area contributed by atoms with Crippen molar-refractivity contribution in [3.05, 3.63) is 5.82 Å². The molecule has 0 unspecified atom stereocenters. The number of nitrogens with one attached hydrogen (secondary N) is 1. The van der Waals surface area contributed by atoms with E-state index >= 15 is 0 Å². The lowest BCUT2D eigenvalue weighted by atomic mass is 10.1. The second-order valence-corrected chi connectivity index (χ2v) is 2.60. The van der Waals surface area contributed by atoms with Crippen molar-refractivity contribution < 1.29 is 26.3 Å². The van der Waals surface area contributed by atoms with Gasteiger partial charge in [0.2, 0.25) is 11.9 Å². The first-order valence-electron chi connectivity index (χ1n) is 3.43. The molecule has 10 heteroatoms. The molecule has 15 heavy (non-hydrogen) atoms. The first-order chi connectivity index (χ1) is 6.62. The molecule has 0 aliphatic heterocycles. The average molecular weight is 234 g/mol. The van der Waals surface area contributed by atoms with Crippen molar-refractivity contribution in [3.63, 3.8) is 0 Å². The Balaban J connectivity index is 3.14. The maximum Gasteiger partial charge on any atom is 0.407 e. The molecule has 1 aromatic rings. The van der Waals surface area contributed by atoms with Crippen LogP contribution in [0.15, 0.2) is 0 Å². The molecule has 0 bridgehead atoms. The highest BCUT2D eigenvalue weighted by Gasteiger charge is 2.59. The van der Waals surface area contributed by atoms with E-state index in [1.165, 1.54) is 5.10 Å². The van der Waals surface area contributed by atoms with E-state index in [9.17, 15) is 26.3 Å². The van der Waals surface area contributed by atoms with Gasteiger partial charge in [0.15, 0.2) is 0 Å². The number of hydrogen-bond acceptors (Lipinski definition) is 3. The van der Waals surface area contributed by atoms with Crippen LogP contribution in [-0.2, 0) is 0 Å². The van der Waals surface area contributed by atoms with Gasteiger partial charge in [-0.2, -0.15) is 31.3 Å². The number of nitrogen functional groups attached to an aromatic ring is 1. The Hall–Kier alpha value is -1.48. The number of aromatic nitrogens is 3. The Morgan fingerprint density at radius 1 is 1.07 bits per heavy atom. The summed E-state index contributed by atoms with van der Waals surface area (Å²) in [4.78, 5) is 2.82. The maximum atomic E-state index is 12.1. The van der Waals surface area contributed by atoms with Gasteiger partial charge in [0.05, 0.1) is 0 Å². The van der Waals surface area contributed by atoms with Gasteiger partial charge in [-0.25, -0.2) is 0 Å². The van der Waals surface area contributed by atoms with Gasteiger partial charge in [-0.1, -0.05) is 0 Å². The minimum absolute atomic E-state index is 0.677. The second-order valence-electron chi connectivity index (χ2n) is 2.60. The highest BCUT2D eigenvalue weighted by molar-refractivity contribution is 5.16. The van der Waals surface area contributed by atoms with Crippen LogP contribution in [-0.4, -0.2) is 27.5 Å². The van der Waals surface area contributed by atoms with Crippen LogP contribution in [0.1, 0.15) is 11.7 Å². The van der Waals surface area contributed by atoms with E-state index in [0.29, 0.717) is 0 Å². The van der Waals surface area contributed by atoms with E-state index in [-0.39, 0.29) is 0 Å². The highest BCUT2D eigenvalue weighted by Crippen LogP contribution is 2.44. The van der Waals surface area contributed by atoms with Crippen LogP contribution in [0, 0.1) is 0 Å². The zero-order valence-corrected chi connectivity index (χ0v) is 6.82. The molecule has 86 valence electrons. The van der Waals surface area contributed by atoms with Crippen LogP contribution in [0.2, 0.25) is 0 Å². The number of rotatable bonds is 1. The Bertz CT molecular complexity index is 324. The largest absolute Gasteiger partial charge is 0.407 e. The molecule has 0 amide bonds. The smallest absolute Gasteiger partial charge is 0.367 e. The van der Waals surface area contributed by atoms with Crippen molar-refractivity contribution in [1.82, 2.24) is 15.2 Å². The number of halogens is 6. The van der Waals surface area contributed by atoms with Crippen molar-refractivity contribution in [1.29, 1.82) is 0 Å². The zero-order valence-electron chi connectivity index (χ0n) is 6.82. The fraction of sp³-hybridized carbons (Fsp3) is 0.600. The molecule has 4 nitrogen and oxygen atoms in total. The Kier molecular flexibility index (Phi) is 2.53. The molecule has 3 N–H and O–H groups in total. The summed E-state index contributed by atoms with van der Waals surface area (Å²) in [7, 11) is 0. The number of aromatic amines is 1. The monoisotopic (exact) mass is 234 g/mol. The minimum Gasteiger partial charge on any atom is -0.367 e. The molecular weight excluding hydrogens is 230 g/mol. The summed E-state index contributed by atoms with van der Waals surface area (Å²) in [6, 6.07) is 0. The fourth-order valence-electron chi connectivity index (χ4n) is 0.913. The van der Waals surface area contributed by atoms with E-state index in [0.717, 1.165) is 0 Å². The van der Waals surface area contributed by atoms with Crippen LogP contribution in [0.25, 0.3) is 0 Å². The molecule has 0 spiro atoms. The molecule has 0 fully saturated rings. The van der Waals surface area contributed by atoms with Crippen molar-refractivity contribution in [3.8, 4) is 0 Å². The number of nitrogens with two attached hydrogens (primary N) is 1. The van der Waals surface area contributed by atoms with E-state index in [1.54, 1.807) is 0 Å². The summed E-state index contributed by atoms with van der Waals surface area (Å²) < 4.78 is 72.4. The summed E-state index contributed by atoms with van der Waals surface area (Å²) in [6.45, 7) is 0. The predicted octanol–water partition coefficient (Wildman–Crippen LogP) is 1.60. The molecule has 0 aromatic carbocycles. The molecule has 0 atom stereocenters. The standard InChI is InChI=1S/C5H4F6N4/c6-4(7,8)1(5(9,10)11)2-13-3(12)15-14-2/h1H,(H3,12,13,14,15). The minimum atomic E-state index is -5.50. The summed E-state index contributed by atoms with van der Waals surface area (Å²) in [5, 5.41) is 4.40.